The normalized spacial score (nSPS) is 22.0. The summed E-state index contributed by atoms with van der Waals surface area (Å²) < 4.78 is 19.6. The van der Waals surface area contributed by atoms with E-state index >= 15 is 0 Å². The molecule has 1 aromatic heterocycles. The lowest BCUT2D eigenvalue weighted by Gasteiger charge is -2.53. The van der Waals surface area contributed by atoms with Crippen molar-refractivity contribution in [3.63, 3.8) is 0 Å². The Morgan fingerprint density at radius 2 is 1.66 bits per heavy atom. The summed E-state index contributed by atoms with van der Waals surface area (Å²) in [4.78, 5) is 29.2. The second-order valence-electron chi connectivity index (χ2n) is 13.7. The summed E-state index contributed by atoms with van der Waals surface area (Å²) in [5.74, 6) is 1.73. The van der Waals surface area contributed by atoms with Crippen LogP contribution in [0.4, 0.5) is 10.6 Å². The highest BCUT2D eigenvalue weighted by Gasteiger charge is 2.48. The van der Waals surface area contributed by atoms with Crippen LogP contribution in [0, 0.1) is 12.3 Å². The second-order valence-corrected chi connectivity index (χ2v) is 14.5. The molecule has 0 N–H and O–H groups in total. The summed E-state index contributed by atoms with van der Waals surface area (Å²) in [5, 5.41) is 1.01. The van der Waals surface area contributed by atoms with Gasteiger partial charge < -0.3 is 28.9 Å². The van der Waals surface area contributed by atoms with Crippen molar-refractivity contribution in [2.24, 2.45) is 5.41 Å². The number of amides is 1. The first-order valence-electron chi connectivity index (χ1n) is 15.2. The number of nitrogens with zero attached hydrogens (tertiary/aromatic N) is 5. The van der Waals surface area contributed by atoms with E-state index in [1.165, 1.54) is 6.42 Å². The smallest absolute Gasteiger partial charge is 0.410 e. The van der Waals surface area contributed by atoms with Crippen molar-refractivity contribution in [1.82, 2.24) is 19.8 Å². The fourth-order valence-electron chi connectivity index (χ4n) is 6.34. The Morgan fingerprint density at radius 3 is 2.27 bits per heavy atom. The zero-order valence-corrected chi connectivity index (χ0v) is 26.8. The molecule has 1 aliphatic carbocycles. The van der Waals surface area contributed by atoms with Crippen LogP contribution in [0.25, 0.3) is 10.9 Å². The van der Waals surface area contributed by atoms with Crippen molar-refractivity contribution in [2.45, 2.75) is 90.4 Å². The van der Waals surface area contributed by atoms with Gasteiger partial charge >= 0.3 is 12.1 Å². The first-order valence-corrected chi connectivity index (χ1v) is 16.0. The molecule has 4 aliphatic rings. The van der Waals surface area contributed by atoms with Crippen LogP contribution in [0.2, 0.25) is 0 Å². The molecule has 1 saturated carbocycles. The lowest BCUT2D eigenvalue weighted by Crippen LogP contribution is -2.62. The standard InChI is InChI=1S/C31H44BrN5O4/c1-20-17-23-25(26(24(20)32)39-21-7-6-8-21)33-28(40-22-9-13-35(5)14-10-22)34-27(23)36-15-11-31(12-16-36)18-37(19-31)29(38)41-30(2,3)4/h17,21-22H,6-16,18-19H2,1-5H3. The molecule has 3 saturated heterocycles. The van der Waals surface area contributed by atoms with E-state index in [9.17, 15) is 4.79 Å². The number of benzene rings is 1. The minimum absolute atomic E-state index is 0.111. The molecule has 1 amide bonds. The quantitative estimate of drug-likeness (QED) is 0.402. The predicted octanol–water partition coefficient (Wildman–Crippen LogP) is 5.94. The summed E-state index contributed by atoms with van der Waals surface area (Å²) in [7, 11) is 2.16. The monoisotopic (exact) mass is 629 g/mol. The van der Waals surface area contributed by atoms with E-state index in [1.807, 2.05) is 25.7 Å². The third-order valence-corrected chi connectivity index (χ3v) is 10.1. The Bertz CT molecular complexity index is 1290. The number of rotatable bonds is 5. The fourth-order valence-corrected chi connectivity index (χ4v) is 6.74. The highest BCUT2D eigenvalue weighted by molar-refractivity contribution is 9.10. The molecule has 1 aromatic carbocycles. The highest BCUT2D eigenvalue weighted by atomic mass is 79.9. The Labute approximate surface area is 252 Å². The van der Waals surface area contributed by atoms with Gasteiger partial charge in [0.05, 0.1) is 10.6 Å². The van der Waals surface area contributed by atoms with Crippen LogP contribution in [-0.2, 0) is 4.74 Å². The van der Waals surface area contributed by atoms with Gasteiger partial charge in [-0.25, -0.2) is 4.79 Å². The van der Waals surface area contributed by atoms with E-state index in [0.29, 0.717) is 6.01 Å². The molecule has 0 unspecified atom stereocenters. The second kappa shape index (κ2) is 11.1. The average Bonchev–Trinajstić information content (AvgIpc) is 2.87. The minimum atomic E-state index is -0.473. The third kappa shape index (κ3) is 6.10. The zero-order chi connectivity index (χ0) is 28.9. The van der Waals surface area contributed by atoms with Gasteiger partial charge in [-0.05, 0) is 107 Å². The van der Waals surface area contributed by atoms with Crippen molar-refractivity contribution < 1.29 is 19.0 Å². The van der Waals surface area contributed by atoms with Crippen LogP contribution in [0.1, 0.15) is 71.3 Å². The van der Waals surface area contributed by atoms with E-state index in [1.54, 1.807) is 0 Å². The maximum absolute atomic E-state index is 12.6. The first-order chi connectivity index (χ1) is 19.5. The van der Waals surface area contributed by atoms with Gasteiger partial charge in [0.25, 0.3) is 0 Å². The van der Waals surface area contributed by atoms with Crippen LogP contribution in [-0.4, -0.2) is 90.0 Å². The van der Waals surface area contributed by atoms with Gasteiger partial charge in [-0.1, -0.05) is 0 Å². The van der Waals surface area contributed by atoms with Crippen molar-refractivity contribution in [2.75, 3.05) is 51.2 Å². The van der Waals surface area contributed by atoms with E-state index in [4.69, 9.17) is 24.2 Å². The SMILES string of the molecule is Cc1cc2c(N3CCC4(CC3)CN(C(=O)OC(C)(C)C)C4)nc(OC3CCN(C)CC3)nc2c(OC2CCC2)c1Br. The average molecular weight is 631 g/mol. The van der Waals surface area contributed by atoms with Crippen molar-refractivity contribution in [1.29, 1.82) is 0 Å². The number of aromatic nitrogens is 2. The number of aryl methyl sites for hydroxylation is 1. The number of anilines is 1. The molecule has 1 spiro atoms. The summed E-state index contributed by atoms with van der Waals surface area (Å²) in [6.45, 7) is 13.1. The molecule has 9 nitrogen and oxygen atoms in total. The Balaban J connectivity index is 1.26. The van der Waals surface area contributed by atoms with Gasteiger partial charge in [0.2, 0.25) is 0 Å². The molecule has 0 bridgehead atoms. The fraction of sp³-hybridized carbons (Fsp3) is 0.710. The first kappa shape index (κ1) is 28.8. The molecule has 3 aliphatic heterocycles. The molecule has 4 fully saturated rings. The molecule has 224 valence electrons. The molecule has 0 atom stereocenters. The van der Waals surface area contributed by atoms with E-state index in [-0.39, 0.29) is 23.7 Å². The maximum Gasteiger partial charge on any atom is 0.410 e. The van der Waals surface area contributed by atoms with Gasteiger partial charge in [-0.3, -0.25) is 0 Å². The van der Waals surface area contributed by atoms with E-state index in [2.05, 4.69) is 45.8 Å². The van der Waals surface area contributed by atoms with Gasteiger partial charge in [0.15, 0.2) is 5.75 Å². The Kier molecular flexibility index (Phi) is 7.76. The topological polar surface area (TPSA) is 80.3 Å². The molecule has 10 heteroatoms. The van der Waals surface area contributed by atoms with Crippen molar-refractivity contribution >= 4 is 38.7 Å². The zero-order valence-electron chi connectivity index (χ0n) is 25.2. The number of hydrogen-bond donors (Lipinski definition) is 0. The number of fused-ring (bicyclic) bond motifs is 1. The molecular weight excluding hydrogens is 586 g/mol. The van der Waals surface area contributed by atoms with Crippen LogP contribution in [0.3, 0.4) is 0 Å². The number of hydrogen-bond acceptors (Lipinski definition) is 8. The van der Waals surface area contributed by atoms with Gasteiger partial charge in [0, 0.05) is 50.1 Å². The lowest BCUT2D eigenvalue weighted by atomic mass is 9.72. The number of likely N-dealkylation sites (tertiary alicyclic amines) is 2. The molecule has 2 aromatic rings. The molecule has 4 heterocycles. The maximum atomic E-state index is 12.6. The predicted molar refractivity (Wildman–Crippen MR) is 163 cm³/mol. The molecule has 41 heavy (non-hydrogen) atoms. The van der Waals surface area contributed by atoms with Crippen LogP contribution < -0.4 is 14.4 Å². The number of carbonyl (C=O) groups excluding carboxylic acids is 1. The Morgan fingerprint density at radius 1 is 1.00 bits per heavy atom. The van der Waals surface area contributed by atoms with Crippen LogP contribution in [0.15, 0.2) is 10.5 Å². The molecular formula is C31H44BrN5O4. The number of halogens is 1. The number of ether oxygens (including phenoxy) is 3. The van der Waals surface area contributed by atoms with E-state index in [0.717, 1.165) is 110 Å². The van der Waals surface area contributed by atoms with Crippen molar-refractivity contribution in [3.8, 4) is 11.8 Å². The molecule has 6 rings (SSSR count). The summed E-state index contributed by atoms with van der Waals surface area (Å²) in [6.07, 6.45) is 7.44. The van der Waals surface area contributed by atoms with Crippen LogP contribution >= 0.6 is 15.9 Å². The third-order valence-electron chi connectivity index (χ3n) is 9.13. The summed E-state index contributed by atoms with van der Waals surface area (Å²) in [5.41, 5.74) is 1.61. The Hall–Kier alpha value is -2.33. The van der Waals surface area contributed by atoms with Crippen molar-refractivity contribution in [3.05, 3.63) is 16.1 Å². The van der Waals surface area contributed by atoms with Gasteiger partial charge in [0.1, 0.15) is 23.0 Å². The number of carbonyl (C=O) groups is 1. The summed E-state index contributed by atoms with van der Waals surface area (Å²) in [6, 6.07) is 2.62. The minimum Gasteiger partial charge on any atom is -0.487 e. The lowest BCUT2D eigenvalue weighted by molar-refractivity contribution is -0.0434. The van der Waals surface area contributed by atoms with E-state index < -0.39 is 5.60 Å². The largest absolute Gasteiger partial charge is 0.487 e. The van der Waals surface area contributed by atoms with Crippen LogP contribution in [0.5, 0.6) is 11.8 Å². The number of piperidine rings is 2. The van der Waals surface area contributed by atoms with Gasteiger partial charge in [-0.15, -0.1) is 0 Å². The molecule has 0 radical (unpaired) electrons. The highest BCUT2D eigenvalue weighted by Crippen LogP contribution is 2.45. The van der Waals surface area contributed by atoms with Gasteiger partial charge in [-0.2, -0.15) is 9.97 Å². The summed E-state index contributed by atoms with van der Waals surface area (Å²) >= 11 is 3.81.